The van der Waals surface area contributed by atoms with Gasteiger partial charge < -0.3 is 10.1 Å². The van der Waals surface area contributed by atoms with Gasteiger partial charge in [0.1, 0.15) is 6.10 Å². The molecule has 5 rings (SSSR count). The second kappa shape index (κ2) is 10.0. The number of nitrogens with zero attached hydrogens (tertiary/aromatic N) is 2. The Labute approximate surface area is 230 Å². The van der Waals surface area contributed by atoms with Crippen LogP contribution in [0.25, 0.3) is 11.3 Å². The Morgan fingerprint density at radius 1 is 0.872 bits per heavy atom. The lowest BCUT2D eigenvalue weighted by Crippen LogP contribution is -2.22. The van der Waals surface area contributed by atoms with Gasteiger partial charge in [-0.25, -0.2) is 18.1 Å². The van der Waals surface area contributed by atoms with Crippen LogP contribution in [0.15, 0.2) is 71.6 Å². The van der Waals surface area contributed by atoms with E-state index in [2.05, 4.69) is 65.9 Å². The van der Waals surface area contributed by atoms with Crippen molar-refractivity contribution in [2.24, 2.45) is 0 Å². The Hall–Kier alpha value is -3.91. The van der Waals surface area contributed by atoms with E-state index in [4.69, 9.17) is 4.74 Å². The van der Waals surface area contributed by atoms with E-state index in [0.717, 1.165) is 27.8 Å². The summed E-state index contributed by atoms with van der Waals surface area (Å²) in [5.41, 5.74) is 7.63. The summed E-state index contributed by atoms with van der Waals surface area (Å²) in [7, 11) is -3.93. The summed E-state index contributed by atoms with van der Waals surface area (Å²) in [5, 5.41) is 3.37. The van der Waals surface area contributed by atoms with Crippen LogP contribution in [-0.4, -0.2) is 24.9 Å². The first-order chi connectivity index (χ1) is 18.4. The molecule has 0 saturated heterocycles. The number of hydrogen-bond donors (Lipinski definition) is 2. The zero-order valence-electron chi connectivity index (χ0n) is 23.2. The van der Waals surface area contributed by atoms with Gasteiger partial charge in [0.2, 0.25) is 11.8 Å². The maximum atomic E-state index is 13.3. The Bertz CT molecular complexity index is 1640. The summed E-state index contributed by atoms with van der Waals surface area (Å²) in [4.78, 5) is 9.24. The maximum absolute atomic E-state index is 13.3. The highest BCUT2D eigenvalue weighted by Crippen LogP contribution is 2.33. The molecule has 4 bridgehead atoms. The van der Waals surface area contributed by atoms with Crippen molar-refractivity contribution in [3.8, 4) is 17.1 Å². The summed E-state index contributed by atoms with van der Waals surface area (Å²) in [6, 6.07) is 20.9. The van der Waals surface area contributed by atoms with Crippen molar-refractivity contribution in [3.05, 3.63) is 94.5 Å². The molecule has 4 aromatic rings. The van der Waals surface area contributed by atoms with Crippen molar-refractivity contribution in [3.63, 3.8) is 0 Å². The Morgan fingerprint density at radius 2 is 1.59 bits per heavy atom. The number of nitrogens with one attached hydrogen (secondary N) is 2. The molecule has 0 radical (unpaired) electrons. The van der Waals surface area contributed by atoms with E-state index in [1.165, 1.54) is 5.56 Å². The first-order valence-electron chi connectivity index (χ1n) is 13.0. The molecule has 202 valence electrons. The standard InChI is InChI=1S/C31H34N4O3S/c1-19-9-7-10-20(2)29(19)26-17-28-34-30(33-26)35-39(36,37)24-12-8-11-23(16-24)32-18-27(38-28)25-14-13-22(15-21(25)3)31(4,5)6/h7-17,27,32H,18H2,1-6H3,(H,33,34,35)/t27-/m0/s1. The summed E-state index contributed by atoms with van der Waals surface area (Å²) in [6.45, 7) is 13.1. The topological polar surface area (TPSA) is 93.2 Å². The molecule has 8 heteroatoms. The van der Waals surface area contributed by atoms with Crippen LogP contribution in [0.1, 0.15) is 54.7 Å². The highest BCUT2D eigenvalue weighted by atomic mass is 32.2. The quantitative estimate of drug-likeness (QED) is 0.292. The molecule has 1 aromatic heterocycles. The fraction of sp³-hybridized carbons (Fsp3) is 0.290. The van der Waals surface area contributed by atoms with Gasteiger partial charge in [-0.2, -0.15) is 4.98 Å². The number of anilines is 2. The number of hydrogen-bond acceptors (Lipinski definition) is 6. The minimum Gasteiger partial charge on any atom is -0.467 e. The highest BCUT2D eigenvalue weighted by Gasteiger charge is 2.24. The van der Waals surface area contributed by atoms with Crippen molar-refractivity contribution in [2.45, 2.75) is 58.0 Å². The van der Waals surface area contributed by atoms with E-state index in [-0.39, 0.29) is 22.1 Å². The average Bonchev–Trinajstić information content (AvgIpc) is 2.85. The predicted molar refractivity (Wildman–Crippen MR) is 156 cm³/mol. The molecule has 2 heterocycles. The molecule has 7 nitrogen and oxygen atoms in total. The third kappa shape index (κ3) is 5.61. The van der Waals surface area contributed by atoms with Gasteiger partial charge in [0.15, 0.2) is 0 Å². The fourth-order valence-corrected chi connectivity index (χ4v) is 5.89. The van der Waals surface area contributed by atoms with Gasteiger partial charge in [-0.1, -0.05) is 63.2 Å². The monoisotopic (exact) mass is 542 g/mol. The van der Waals surface area contributed by atoms with Crippen LogP contribution in [0.4, 0.5) is 11.6 Å². The molecule has 1 aliphatic heterocycles. The Morgan fingerprint density at radius 3 is 2.28 bits per heavy atom. The van der Waals surface area contributed by atoms with Crippen molar-refractivity contribution in [1.29, 1.82) is 0 Å². The number of aryl methyl sites for hydroxylation is 3. The van der Waals surface area contributed by atoms with E-state index in [0.29, 0.717) is 17.9 Å². The third-order valence-corrected chi connectivity index (χ3v) is 8.37. The molecule has 0 spiro atoms. The van der Waals surface area contributed by atoms with Crippen LogP contribution in [-0.2, 0) is 15.4 Å². The molecular formula is C31H34N4O3S. The SMILES string of the molecule is Cc1cc(C(C)(C)C)ccc1[C@@H]1CNc2cccc(c2)S(=O)(=O)Nc2nc(cc(-c3c(C)cccc3C)n2)O1. The van der Waals surface area contributed by atoms with Crippen LogP contribution in [0, 0.1) is 20.8 Å². The van der Waals surface area contributed by atoms with Gasteiger partial charge in [-0.15, -0.1) is 0 Å². The van der Waals surface area contributed by atoms with Gasteiger partial charge >= 0.3 is 0 Å². The molecular weight excluding hydrogens is 508 g/mol. The third-order valence-electron chi connectivity index (χ3n) is 7.05. The zero-order valence-corrected chi connectivity index (χ0v) is 24.0. The average molecular weight is 543 g/mol. The maximum Gasteiger partial charge on any atom is 0.264 e. The van der Waals surface area contributed by atoms with Crippen LogP contribution in [0.3, 0.4) is 0 Å². The van der Waals surface area contributed by atoms with Gasteiger partial charge in [0.25, 0.3) is 10.0 Å². The highest BCUT2D eigenvalue weighted by molar-refractivity contribution is 7.92. The van der Waals surface area contributed by atoms with Gasteiger partial charge in [0, 0.05) is 17.3 Å². The number of benzene rings is 3. The minimum absolute atomic E-state index is 0.0222. The van der Waals surface area contributed by atoms with E-state index in [1.54, 1.807) is 24.3 Å². The number of sulfonamides is 1. The van der Waals surface area contributed by atoms with Crippen molar-refractivity contribution < 1.29 is 13.2 Å². The predicted octanol–water partition coefficient (Wildman–Crippen LogP) is 6.71. The molecule has 2 N–H and O–H groups in total. The largest absolute Gasteiger partial charge is 0.467 e. The number of ether oxygens (including phenoxy) is 1. The van der Waals surface area contributed by atoms with Crippen LogP contribution < -0.4 is 14.8 Å². The van der Waals surface area contributed by atoms with Gasteiger partial charge in [-0.05, 0) is 72.2 Å². The van der Waals surface area contributed by atoms with Gasteiger partial charge in [0.05, 0.1) is 17.1 Å². The van der Waals surface area contributed by atoms with E-state index in [1.807, 2.05) is 38.1 Å². The second-order valence-electron chi connectivity index (χ2n) is 11.1. The Kier molecular flexibility index (Phi) is 6.84. The fourth-order valence-electron chi connectivity index (χ4n) is 4.90. The van der Waals surface area contributed by atoms with Gasteiger partial charge in [-0.3, -0.25) is 0 Å². The van der Waals surface area contributed by atoms with Crippen LogP contribution in [0.2, 0.25) is 0 Å². The number of rotatable bonds is 2. The summed E-state index contributed by atoms with van der Waals surface area (Å²) in [5.74, 6) is 0.248. The second-order valence-corrected chi connectivity index (χ2v) is 12.8. The molecule has 1 atom stereocenters. The van der Waals surface area contributed by atoms with E-state index in [9.17, 15) is 8.42 Å². The van der Waals surface area contributed by atoms with Crippen molar-refractivity contribution in [1.82, 2.24) is 9.97 Å². The normalized spacial score (nSPS) is 16.6. The van der Waals surface area contributed by atoms with Crippen LogP contribution in [0.5, 0.6) is 5.88 Å². The summed E-state index contributed by atoms with van der Waals surface area (Å²) in [6.07, 6.45) is -0.396. The molecule has 39 heavy (non-hydrogen) atoms. The molecule has 0 saturated carbocycles. The van der Waals surface area contributed by atoms with Crippen LogP contribution >= 0.6 is 0 Å². The molecule has 0 amide bonds. The molecule has 0 unspecified atom stereocenters. The first-order valence-corrected chi connectivity index (χ1v) is 14.5. The van der Waals surface area contributed by atoms with E-state index < -0.39 is 16.1 Å². The smallest absolute Gasteiger partial charge is 0.264 e. The molecule has 0 fully saturated rings. The zero-order chi connectivity index (χ0) is 27.9. The lowest BCUT2D eigenvalue weighted by Gasteiger charge is -2.25. The molecule has 0 aliphatic carbocycles. The number of aromatic nitrogens is 2. The molecule has 3 aromatic carbocycles. The molecule has 1 aliphatic rings. The lowest BCUT2D eigenvalue weighted by atomic mass is 9.85. The first kappa shape index (κ1) is 26.7. The lowest BCUT2D eigenvalue weighted by molar-refractivity contribution is 0.209. The van der Waals surface area contributed by atoms with Crippen molar-refractivity contribution in [2.75, 3.05) is 16.6 Å². The Balaban J connectivity index is 1.67. The minimum atomic E-state index is -3.93. The van der Waals surface area contributed by atoms with Crippen molar-refractivity contribution >= 4 is 21.7 Å². The number of fused-ring (bicyclic) bond motifs is 4. The van der Waals surface area contributed by atoms with E-state index >= 15 is 0 Å². The summed E-state index contributed by atoms with van der Waals surface area (Å²) >= 11 is 0. The summed E-state index contributed by atoms with van der Waals surface area (Å²) < 4.78 is 35.6.